The summed E-state index contributed by atoms with van der Waals surface area (Å²) in [6, 6.07) is 5.49. The number of carboxylic acid groups (broad SMARTS) is 1. The van der Waals surface area contributed by atoms with E-state index in [1.54, 1.807) is 18.2 Å². The number of H-pyrrole nitrogens is 1. The zero-order valence-electron chi connectivity index (χ0n) is 9.50. The van der Waals surface area contributed by atoms with Crippen molar-refractivity contribution in [1.82, 2.24) is 4.98 Å². The third-order valence-corrected chi connectivity index (χ3v) is 2.09. The fourth-order valence-corrected chi connectivity index (χ4v) is 1.42. The molecule has 0 aliphatic heterocycles. The molecule has 1 aromatic carbocycles. The van der Waals surface area contributed by atoms with Gasteiger partial charge in [-0.25, -0.2) is 0 Å². The van der Waals surface area contributed by atoms with Gasteiger partial charge < -0.3 is 10.1 Å². The van der Waals surface area contributed by atoms with Gasteiger partial charge in [-0.2, -0.15) is 0 Å². The average molecular weight is 191 g/mol. The molecule has 2 aromatic rings. The van der Waals surface area contributed by atoms with Crippen molar-refractivity contribution in [2.24, 2.45) is 0 Å². The van der Waals surface area contributed by atoms with E-state index >= 15 is 0 Å². The maximum absolute atomic E-state index is 10.5. The lowest BCUT2D eigenvalue weighted by atomic mass is 10.1. The number of rotatable bonds is 3. The Kier molecular flexibility index (Phi) is 1.68. The van der Waals surface area contributed by atoms with Gasteiger partial charge in [0.05, 0.1) is 2.74 Å². The molecule has 0 amide bonds. The van der Waals surface area contributed by atoms with E-state index in [0.29, 0.717) is 17.0 Å². The van der Waals surface area contributed by atoms with Crippen LogP contribution in [-0.4, -0.2) is 16.1 Å². The van der Waals surface area contributed by atoms with E-state index in [0.717, 1.165) is 5.52 Å². The van der Waals surface area contributed by atoms with E-state index in [9.17, 15) is 4.79 Å². The summed E-state index contributed by atoms with van der Waals surface area (Å²) in [6.45, 7) is 0. The second-order valence-electron chi connectivity index (χ2n) is 3.08. The molecule has 0 atom stereocenters. The van der Waals surface area contributed by atoms with Gasteiger partial charge in [-0.3, -0.25) is 4.79 Å². The zero-order valence-corrected chi connectivity index (χ0v) is 7.50. The molecule has 0 spiro atoms. The number of para-hydroxylation sites is 1. The van der Waals surface area contributed by atoms with Crippen LogP contribution in [0, 0.1) is 0 Å². The van der Waals surface area contributed by atoms with Crippen molar-refractivity contribution >= 4 is 16.9 Å². The average Bonchev–Trinajstić information content (AvgIpc) is 2.52. The fraction of sp³-hybridized carbons (Fsp3) is 0.182. The van der Waals surface area contributed by atoms with Crippen molar-refractivity contribution in [1.29, 1.82) is 0 Å². The number of aromatic amines is 1. The summed E-state index contributed by atoms with van der Waals surface area (Å²) >= 11 is 0. The van der Waals surface area contributed by atoms with E-state index in [1.165, 1.54) is 0 Å². The Bertz CT molecular complexity index is 548. The Balaban J connectivity index is 2.50. The van der Waals surface area contributed by atoms with E-state index < -0.39 is 5.97 Å². The highest BCUT2D eigenvalue weighted by atomic mass is 16.4. The van der Waals surface area contributed by atoms with Gasteiger partial charge in [0.25, 0.3) is 0 Å². The molecule has 0 fully saturated rings. The molecule has 1 heterocycles. The maximum Gasteiger partial charge on any atom is 0.303 e. The van der Waals surface area contributed by atoms with Crippen molar-refractivity contribution in [2.75, 3.05) is 0 Å². The number of hydrogen-bond donors (Lipinski definition) is 2. The number of nitrogens with one attached hydrogen (secondary N) is 1. The number of hydrogen-bond acceptors (Lipinski definition) is 1. The second kappa shape index (κ2) is 3.54. The van der Waals surface area contributed by atoms with Gasteiger partial charge in [-0.05, 0) is 18.1 Å². The van der Waals surface area contributed by atoms with Crippen molar-refractivity contribution in [3.8, 4) is 0 Å². The van der Waals surface area contributed by atoms with Gasteiger partial charge in [0, 0.05) is 23.5 Å². The molecule has 0 unspecified atom stereocenters. The van der Waals surface area contributed by atoms with Gasteiger partial charge in [0.15, 0.2) is 0 Å². The molecule has 0 bridgehead atoms. The van der Waals surface area contributed by atoms with Crippen molar-refractivity contribution in [2.45, 2.75) is 12.8 Å². The first-order valence-corrected chi connectivity index (χ1v) is 4.38. The summed E-state index contributed by atoms with van der Waals surface area (Å²) in [5.41, 5.74) is 1.33. The lowest BCUT2D eigenvalue weighted by Crippen LogP contribution is -1.96. The molecule has 0 aliphatic carbocycles. The molecule has 2 rings (SSSR count). The van der Waals surface area contributed by atoms with Gasteiger partial charge in [0.1, 0.15) is 0 Å². The van der Waals surface area contributed by atoms with E-state index in [4.69, 9.17) is 7.85 Å². The summed E-state index contributed by atoms with van der Waals surface area (Å²) in [7, 11) is 0. The second-order valence-corrected chi connectivity index (χ2v) is 3.08. The minimum Gasteiger partial charge on any atom is -0.481 e. The van der Waals surface area contributed by atoms with Crippen LogP contribution in [0.5, 0.6) is 0 Å². The number of carboxylic acids is 1. The fourth-order valence-electron chi connectivity index (χ4n) is 1.42. The Morgan fingerprint density at radius 3 is 3.21 bits per heavy atom. The Labute approximate surface area is 84.2 Å². The number of aliphatic carboxylic acids is 1. The van der Waals surface area contributed by atoms with Crippen molar-refractivity contribution < 1.29 is 12.6 Å². The van der Waals surface area contributed by atoms with E-state index in [-0.39, 0.29) is 19.0 Å². The molecule has 0 aliphatic rings. The van der Waals surface area contributed by atoms with E-state index in [1.807, 2.05) is 0 Å². The van der Waals surface area contributed by atoms with Crippen LogP contribution in [0.25, 0.3) is 10.9 Å². The normalized spacial score (nSPS) is 12.6. The minimum absolute atomic E-state index is 0.0207. The highest BCUT2D eigenvalue weighted by molar-refractivity contribution is 5.83. The molecule has 1 aromatic heterocycles. The third-order valence-electron chi connectivity index (χ3n) is 2.09. The largest absolute Gasteiger partial charge is 0.481 e. The molecule has 3 heteroatoms. The van der Waals surface area contributed by atoms with Crippen LogP contribution in [0.1, 0.15) is 14.7 Å². The summed E-state index contributed by atoms with van der Waals surface area (Å²) in [5.74, 6) is -0.892. The Morgan fingerprint density at radius 1 is 1.57 bits per heavy atom. The standard InChI is InChI=1S/C11H11NO2/c13-11(14)6-5-8-7-12-10-4-2-1-3-9(8)10/h1-4,7,12H,5-6H2,(H,13,14)/i3D,7D. The molecule has 0 saturated carbocycles. The first-order valence-electron chi connectivity index (χ1n) is 5.38. The van der Waals surface area contributed by atoms with Crippen LogP contribution in [0.2, 0.25) is 0 Å². The highest BCUT2D eigenvalue weighted by Gasteiger charge is 2.04. The minimum atomic E-state index is -0.892. The van der Waals surface area contributed by atoms with Crippen molar-refractivity contribution in [3.63, 3.8) is 0 Å². The van der Waals surface area contributed by atoms with Crippen LogP contribution in [0.3, 0.4) is 0 Å². The third kappa shape index (κ3) is 1.62. The predicted molar refractivity (Wildman–Crippen MR) is 54.3 cm³/mol. The summed E-state index contributed by atoms with van der Waals surface area (Å²) < 4.78 is 15.5. The van der Waals surface area contributed by atoms with Gasteiger partial charge in [-0.1, -0.05) is 18.2 Å². The number of benzene rings is 1. The quantitative estimate of drug-likeness (QED) is 0.781. The highest BCUT2D eigenvalue weighted by Crippen LogP contribution is 2.18. The number of fused-ring (bicyclic) bond motifs is 1. The maximum atomic E-state index is 10.5. The van der Waals surface area contributed by atoms with Gasteiger partial charge in [0.2, 0.25) is 0 Å². The van der Waals surface area contributed by atoms with Crippen LogP contribution in [0.15, 0.2) is 30.4 Å². The topological polar surface area (TPSA) is 53.1 Å². The molecular formula is C11H11NO2. The molecule has 14 heavy (non-hydrogen) atoms. The van der Waals surface area contributed by atoms with Gasteiger partial charge in [-0.15, -0.1) is 0 Å². The number of carbonyl (C=O) groups is 1. The predicted octanol–water partition coefficient (Wildman–Crippen LogP) is 2.19. The molecule has 0 radical (unpaired) electrons. The summed E-state index contributed by atoms with van der Waals surface area (Å²) in [4.78, 5) is 13.4. The van der Waals surface area contributed by atoms with Crippen LogP contribution in [0.4, 0.5) is 0 Å². The Morgan fingerprint density at radius 2 is 2.43 bits per heavy atom. The monoisotopic (exact) mass is 191 g/mol. The molecule has 72 valence electrons. The zero-order chi connectivity index (χ0) is 11.7. The first kappa shape index (κ1) is 6.65. The Hall–Kier alpha value is -1.77. The van der Waals surface area contributed by atoms with Crippen molar-refractivity contribution in [3.05, 3.63) is 36.0 Å². The summed E-state index contributed by atoms with van der Waals surface area (Å²) in [6.07, 6.45) is 0.466. The van der Waals surface area contributed by atoms with Crippen LogP contribution >= 0.6 is 0 Å². The molecule has 2 N–H and O–H groups in total. The van der Waals surface area contributed by atoms with Gasteiger partial charge >= 0.3 is 5.97 Å². The molecule has 0 saturated heterocycles. The van der Waals surface area contributed by atoms with Crippen LogP contribution < -0.4 is 0 Å². The molecular weight excluding hydrogens is 178 g/mol. The van der Waals surface area contributed by atoms with Crippen LogP contribution in [-0.2, 0) is 11.2 Å². The summed E-state index contributed by atoms with van der Waals surface area (Å²) in [5, 5.41) is 9.29. The smallest absolute Gasteiger partial charge is 0.303 e. The first-order chi connectivity index (χ1) is 7.59. The number of aromatic nitrogens is 1. The van der Waals surface area contributed by atoms with E-state index in [2.05, 4.69) is 4.98 Å². The SMILES string of the molecule is [2H]c1[nH]c2cccc([2H])c2c1CCC(=O)O. The lowest BCUT2D eigenvalue weighted by Gasteiger charge is -1.95. The molecule has 3 nitrogen and oxygen atoms in total. The lowest BCUT2D eigenvalue weighted by molar-refractivity contribution is -0.136. The number of aryl methyl sites for hydroxylation is 1.